The Labute approximate surface area is 171 Å². The van der Waals surface area contributed by atoms with E-state index in [1.165, 1.54) is 11.3 Å². The van der Waals surface area contributed by atoms with Gasteiger partial charge in [-0.05, 0) is 22.8 Å². The Bertz CT molecular complexity index is 1190. The number of benzene rings is 2. The Hall–Kier alpha value is -3.57. The standard InChI is InChI=1S/C24H17NO3S/c26-12-20-21(17-4-2-1-3-5-17)23(27)22-19(14-29-24(22)25-20)16-8-6-15(7-9-16)18-10-11-28-13-18/h1-14,20,25,27H. The molecule has 4 nitrogen and oxygen atoms in total. The second-order valence-electron chi connectivity index (χ2n) is 6.83. The molecular formula is C24H17NO3S. The van der Waals surface area contributed by atoms with Crippen LogP contribution >= 0.6 is 11.3 Å². The molecule has 2 aromatic heterocycles. The number of hydrogen-bond donors (Lipinski definition) is 2. The average molecular weight is 399 g/mol. The number of thiophene rings is 1. The zero-order chi connectivity index (χ0) is 19.8. The number of anilines is 1. The van der Waals surface area contributed by atoms with Gasteiger partial charge in [0.2, 0.25) is 0 Å². The third-order valence-corrected chi connectivity index (χ3v) is 6.06. The summed E-state index contributed by atoms with van der Waals surface area (Å²) in [6, 6.07) is 19.0. The van der Waals surface area contributed by atoms with Crippen molar-refractivity contribution in [2.45, 2.75) is 6.04 Å². The van der Waals surface area contributed by atoms with Crippen LogP contribution in [0.1, 0.15) is 11.1 Å². The number of hydrogen-bond acceptors (Lipinski definition) is 5. The number of carbonyl (C=O) groups is 1. The number of aliphatic hydroxyl groups is 1. The first kappa shape index (κ1) is 17.5. The lowest BCUT2D eigenvalue weighted by molar-refractivity contribution is -0.107. The minimum atomic E-state index is -0.583. The average Bonchev–Trinajstić information content (AvgIpc) is 3.45. The first-order valence-electron chi connectivity index (χ1n) is 9.21. The maximum absolute atomic E-state index is 11.7. The molecule has 0 bridgehead atoms. The van der Waals surface area contributed by atoms with Crippen LogP contribution in [-0.4, -0.2) is 17.4 Å². The summed E-state index contributed by atoms with van der Waals surface area (Å²) >= 11 is 1.49. The SMILES string of the molecule is O=CC1Nc2scc(-c3ccc(-c4ccoc4)cc3)c2C(O)=C1c1ccccc1. The van der Waals surface area contributed by atoms with Crippen LogP contribution in [0.2, 0.25) is 0 Å². The third-order valence-electron chi connectivity index (χ3n) is 5.15. The van der Waals surface area contributed by atoms with Crippen molar-refractivity contribution in [3.8, 4) is 22.3 Å². The molecule has 29 heavy (non-hydrogen) atoms. The number of aldehydes is 1. The molecule has 1 aliphatic rings. The predicted octanol–water partition coefficient (Wildman–Crippen LogP) is 6.09. The second kappa shape index (κ2) is 7.11. The molecule has 5 rings (SSSR count). The highest BCUT2D eigenvalue weighted by Crippen LogP contribution is 2.46. The fourth-order valence-corrected chi connectivity index (χ4v) is 4.72. The topological polar surface area (TPSA) is 62.5 Å². The van der Waals surface area contributed by atoms with E-state index < -0.39 is 6.04 Å². The molecular weight excluding hydrogens is 382 g/mol. The van der Waals surface area contributed by atoms with Crippen molar-refractivity contribution in [3.05, 3.63) is 89.7 Å². The first-order chi connectivity index (χ1) is 14.3. The highest BCUT2D eigenvalue weighted by molar-refractivity contribution is 7.15. The highest BCUT2D eigenvalue weighted by Gasteiger charge is 2.31. The Kier molecular flexibility index (Phi) is 4.30. The van der Waals surface area contributed by atoms with Gasteiger partial charge in [0.05, 0.1) is 18.1 Å². The van der Waals surface area contributed by atoms with Gasteiger partial charge in [0.25, 0.3) is 0 Å². The molecule has 2 N–H and O–H groups in total. The fourth-order valence-electron chi connectivity index (χ4n) is 3.71. The van der Waals surface area contributed by atoms with Gasteiger partial charge in [-0.3, -0.25) is 0 Å². The van der Waals surface area contributed by atoms with E-state index >= 15 is 0 Å². The van der Waals surface area contributed by atoms with E-state index in [9.17, 15) is 9.90 Å². The molecule has 142 valence electrons. The summed E-state index contributed by atoms with van der Waals surface area (Å²) in [5.41, 5.74) is 6.19. The predicted molar refractivity (Wildman–Crippen MR) is 117 cm³/mol. The monoisotopic (exact) mass is 399 g/mol. The van der Waals surface area contributed by atoms with E-state index in [0.717, 1.165) is 44.7 Å². The molecule has 4 aromatic rings. The summed E-state index contributed by atoms with van der Waals surface area (Å²) in [7, 11) is 0. The molecule has 1 unspecified atom stereocenters. The number of nitrogens with one attached hydrogen (secondary N) is 1. The smallest absolute Gasteiger partial charge is 0.146 e. The van der Waals surface area contributed by atoms with Gasteiger partial charge < -0.3 is 19.6 Å². The van der Waals surface area contributed by atoms with E-state index in [4.69, 9.17) is 4.42 Å². The molecule has 1 atom stereocenters. The van der Waals surface area contributed by atoms with Crippen LogP contribution in [0, 0.1) is 0 Å². The van der Waals surface area contributed by atoms with Crippen molar-refractivity contribution in [2.75, 3.05) is 5.32 Å². The molecule has 0 fully saturated rings. The Morgan fingerprint density at radius 3 is 2.38 bits per heavy atom. The Morgan fingerprint density at radius 2 is 1.69 bits per heavy atom. The molecule has 0 saturated carbocycles. The van der Waals surface area contributed by atoms with E-state index in [1.807, 2.05) is 66.0 Å². The van der Waals surface area contributed by atoms with Crippen molar-refractivity contribution < 1.29 is 14.3 Å². The zero-order valence-electron chi connectivity index (χ0n) is 15.3. The van der Waals surface area contributed by atoms with Crippen LogP contribution < -0.4 is 5.32 Å². The number of carbonyl (C=O) groups excluding carboxylic acids is 1. The molecule has 1 aliphatic heterocycles. The van der Waals surface area contributed by atoms with Crippen LogP contribution in [-0.2, 0) is 4.79 Å². The van der Waals surface area contributed by atoms with Gasteiger partial charge in [0, 0.05) is 22.1 Å². The number of fused-ring (bicyclic) bond motifs is 1. The van der Waals surface area contributed by atoms with Gasteiger partial charge in [-0.2, -0.15) is 0 Å². The van der Waals surface area contributed by atoms with Crippen LogP contribution in [0.3, 0.4) is 0 Å². The van der Waals surface area contributed by atoms with Gasteiger partial charge >= 0.3 is 0 Å². The minimum absolute atomic E-state index is 0.150. The molecule has 0 amide bonds. The van der Waals surface area contributed by atoms with Gasteiger partial charge in [0.15, 0.2) is 0 Å². The molecule has 0 radical (unpaired) electrons. The lowest BCUT2D eigenvalue weighted by Gasteiger charge is -2.25. The quantitative estimate of drug-likeness (QED) is 0.407. The summed E-state index contributed by atoms with van der Waals surface area (Å²) in [5.74, 6) is 0.150. The van der Waals surface area contributed by atoms with Crippen LogP contribution in [0.25, 0.3) is 33.6 Å². The zero-order valence-corrected chi connectivity index (χ0v) is 16.1. The number of aliphatic hydroxyl groups excluding tert-OH is 1. The Morgan fingerprint density at radius 1 is 0.931 bits per heavy atom. The van der Waals surface area contributed by atoms with Crippen molar-refractivity contribution in [2.24, 2.45) is 0 Å². The van der Waals surface area contributed by atoms with Gasteiger partial charge in [0.1, 0.15) is 23.1 Å². The van der Waals surface area contributed by atoms with E-state index in [0.29, 0.717) is 5.57 Å². The van der Waals surface area contributed by atoms with E-state index in [-0.39, 0.29) is 5.76 Å². The summed E-state index contributed by atoms with van der Waals surface area (Å²) < 4.78 is 5.16. The molecule has 3 heterocycles. The molecule has 0 saturated heterocycles. The van der Waals surface area contributed by atoms with Crippen molar-refractivity contribution in [1.82, 2.24) is 0 Å². The third kappa shape index (κ3) is 2.96. The Balaban J connectivity index is 1.61. The van der Waals surface area contributed by atoms with Crippen LogP contribution in [0.5, 0.6) is 0 Å². The van der Waals surface area contributed by atoms with Gasteiger partial charge in [-0.25, -0.2) is 0 Å². The number of rotatable bonds is 4. The molecule has 5 heteroatoms. The van der Waals surface area contributed by atoms with Crippen LogP contribution in [0.15, 0.2) is 83.0 Å². The van der Waals surface area contributed by atoms with Crippen LogP contribution in [0.4, 0.5) is 5.00 Å². The molecule has 2 aromatic carbocycles. The largest absolute Gasteiger partial charge is 0.507 e. The van der Waals surface area contributed by atoms with Gasteiger partial charge in [-0.15, -0.1) is 11.3 Å². The molecule has 0 spiro atoms. The summed E-state index contributed by atoms with van der Waals surface area (Å²) in [6.45, 7) is 0. The lowest BCUT2D eigenvalue weighted by atomic mass is 9.90. The summed E-state index contributed by atoms with van der Waals surface area (Å²) in [4.78, 5) is 11.7. The normalized spacial score (nSPS) is 15.7. The number of furan rings is 1. The maximum Gasteiger partial charge on any atom is 0.146 e. The molecule has 0 aliphatic carbocycles. The van der Waals surface area contributed by atoms with Crippen molar-refractivity contribution in [1.29, 1.82) is 0 Å². The second-order valence-corrected chi connectivity index (χ2v) is 7.71. The van der Waals surface area contributed by atoms with Gasteiger partial charge in [-0.1, -0.05) is 54.6 Å². The lowest BCUT2D eigenvalue weighted by Crippen LogP contribution is -2.27. The van der Waals surface area contributed by atoms with E-state index in [1.54, 1.807) is 12.5 Å². The van der Waals surface area contributed by atoms with Crippen molar-refractivity contribution >= 4 is 34.0 Å². The minimum Gasteiger partial charge on any atom is -0.507 e. The van der Waals surface area contributed by atoms with Crippen molar-refractivity contribution in [3.63, 3.8) is 0 Å². The fraction of sp³-hybridized carbons (Fsp3) is 0.0417. The summed E-state index contributed by atoms with van der Waals surface area (Å²) in [5, 5.41) is 17.3. The van der Waals surface area contributed by atoms with E-state index in [2.05, 4.69) is 5.32 Å². The maximum atomic E-state index is 11.7. The highest BCUT2D eigenvalue weighted by atomic mass is 32.1. The first-order valence-corrected chi connectivity index (χ1v) is 10.1. The summed E-state index contributed by atoms with van der Waals surface area (Å²) in [6.07, 6.45) is 4.20.